The van der Waals surface area contributed by atoms with Crippen molar-refractivity contribution in [2.45, 2.75) is 25.2 Å². The van der Waals surface area contributed by atoms with E-state index in [1.165, 1.54) is 0 Å². The van der Waals surface area contributed by atoms with Gasteiger partial charge < -0.3 is 10.5 Å². The van der Waals surface area contributed by atoms with Gasteiger partial charge in [-0.15, -0.1) is 0 Å². The highest BCUT2D eigenvalue weighted by atomic mass is 79.9. The molecule has 3 nitrogen and oxygen atoms in total. The molecule has 102 valence electrons. The minimum absolute atomic E-state index is 0.514. The molecule has 0 aromatic heterocycles. The van der Waals surface area contributed by atoms with Crippen molar-refractivity contribution in [1.29, 1.82) is 0 Å². The zero-order valence-corrected chi connectivity index (χ0v) is 13.2. The molecule has 0 aliphatic heterocycles. The zero-order chi connectivity index (χ0) is 13.5. The van der Waals surface area contributed by atoms with Crippen LogP contribution in [0.5, 0.6) is 0 Å². The first-order chi connectivity index (χ1) is 8.50. The first kappa shape index (κ1) is 15.7. The monoisotopic (exact) mass is 333 g/mol. The maximum absolute atomic E-state index is 12.0. The fraction of sp³-hybridized carbons (Fsp3) is 0.538. The molecule has 2 N–H and O–H groups in total. The van der Waals surface area contributed by atoms with Gasteiger partial charge in [0.25, 0.3) is 0 Å². The number of hydrogen-bond acceptors (Lipinski definition) is 3. The van der Waals surface area contributed by atoms with Gasteiger partial charge >= 0.3 is 0 Å². The number of halogens is 1. The van der Waals surface area contributed by atoms with Crippen LogP contribution < -0.4 is 5.73 Å². The van der Waals surface area contributed by atoms with Crippen LogP contribution in [0, 0.1) is 5.92 Å². The molecule has 1 atom stereocenters. The summed E-state index contributed by atoms with van der Waals surface area (Å²) >= 11 is 3.38. The number of hydrogen-bond donors (Lipinski definition) is 1. The van der Waals surface area contributed by atoms with Gasteiger partial charge in [-0.3, -0.25) is 4.21 Å². The Hall–Kier alpha value is -0.390. The van der Waals surface area contributed by atoms with E-state index in [2.05, 4.69) is 29.8 Å². The van der Waals surface area contributed by atoms with Crippen molar-refractivity contribution < 1.29 is 8.95 Å². The summed E-state index contributed by atoms with van der Waals surface area (Å²) in [6.45, 7) is 5.58. The summed E-state index contributed by atoms with van der Waals surface area (Å²) in [6, 6.07) is 5.33. The third-order valence-electron chi connectivity index (χ3n) is 2.45. The van der Waals surface area contributed by atoms with E-state index in [1.54, 1.807) is 18.2 Å². The lowest BCUT2D eigenvalue weighted by molar-refractivity contribution is 0.138. The average molecular weight is 334 g/mol. The molecule has 0 bridgehead atoms. The molecule has 0 saturated heterocycles. The summed E-state index contributed by atoms with van der Waals surface area (Å²) < 4.78 is 18.3. The second kappa shape index (κ2) is 7.92. The fourth-order valence-corrected chi connectivity index (χ4v) is 3.29. The Kier molecular flexibility index (Phi) is 6.89. The van der Waals surface area contributed by atoms with E-state index in [0.717, 1.165) is 22.4 Å². The molecule has 0 aliphatic carbocycles. The second-order valence-corrected chi connectivity index (χ2v) is 6.93. The first-order valence-corrected chi connectivity index (χ1v) is 8.13. The number of benzene rings is 1. The van der Waals surface area contributed by atoms with Gasteiger partial charge in [0.1, 0.15) is 0 Å². The van der Waals surface area contributed by atoms with Crippen LogP contribution in [-0.4, -0.2) is 23.2 Å². The van der Waals surface area contributed by atoms with Crippen molar-refractivity contribution in [1.82, 2.24) is 0 Å². The third-order valence-corrected chi connectivity index (χ3v) is 4.76. The minimum atomic E-state index is -1.04. The zero-order valence-electron chi connectivity index (χ0n) is 10.8. The van der Waals surface area contributed by atoms with Crippen molar-refractivity contribution in [3.63, 3.8) is 0 Å². The van der Waals surface area contributed by atoms with Gasteiger partial charge in [0.2, 0.25) is 0 Å². The highest BCUT2D eigenvalue weighted by molar-refractivity contribution is 9.10. The topological polar surface area (TPSA) is 52.3 Å². The van der Waals surface area contributed by atoms with Crippen LogP contribution in [-0.2, 0) is 15.5 Å². The van der Waals surface area contributed by atoms with E-state index < -0.39 is 10.8 Å². The molecular formula is C13H20BrNO2S. The van der Waals surface area contributed by atoms with Gasteiger partial charge in [-0.25, -0.2) is 0 Å². The lowest BCUT2D eigenvalue weighted by atomic mass is 10.1. The van der Waals surface area contributed by atoms with Gasteiger partial charge in [-0.2, -0.15) is 0 Å². The Labute approximate surface area is 120 Å². The number of ether oxygens (including phenoxy) is 1. The molecule has 1 rings (SSSR count). The molecule has 0 heterocycles. The Morgan fingerprint density at radius 2 is 2.11 bits per heavy atom. The Morgan fingerprint density at radius 1 is 1.39 bits per heavy atom. The van der Waals surface area contributed by atoms with Crippen molar-refractivity contribution >= 4 is 32.4 Å². The van der Waals surface area contributed by atoms with Crippen molar-refractivity contribution in [3.05, 3.63) is 22.7 Å². The molecule has 1 aromatic rings. The van der Waals surface area contributed by atoms with Crippen LogP contribution in [0.15, 0.2) is 27.6 Å². The molecule has 0 saturated carbocycles. The van der Waals surface area contributed by atoms with Crippen LogP contribution in [0.4, 0.5) is 5.69 Å². The molecule has 1 unspecified atom stereocenters. The number of anilines is 1. The van der Waals surface area contributed by atoms with E-state index in [9.17, 15) is 4.21 Å². The standard InChI is InChI=1S/C13H20BrNO2S/c1-10(2)5-6-17-7-8-18(16)13-4-3-11(15)9-12(13)14/h3-4,9-10H,5-8,15H2,1-2H3. The first-order valence-electron chi connectivity index (χ1n) is 6.02. The summed E-state index contributed by atoms with van der Waals surface area (Å²) in [7, 11) is -1.04. The molecule has 0 spiro atoms. The van der Waals surface area contributed by atoms with Crippen LogP contribution in [0.25, 0.3) is 0 Å². The quantitative estimate of drug-likeness (QED) is 0.615. The summed E-state index contributed by atoms with van der Waals surface area (Å²) in [5.74, 6) is 1.15. The highest BCUT2D eigenvalue weighted by Gasteiger charge is 2.08. The number of rotatable bonds is 7. The summed E-state index contributed by atoms with van der Waals surface area (Å²) in [4.78, 5) is 0.775. The van der Waals surface area contributed by atoms with Gasteiger partial charge in [0, 0.05) is 16.8 Å². The van der Waals surface area contributed by atoms with E-state index in [-0.39, 0.29) is 0 Å². The van der Waals surface area contributed by atoms with Gasteiger partial charge in [0.05, 0.1) is 28.1 Å². The van der Waals surface area contributed by atoms with E-state index in [0.29, 0.717) is 24.0 Å². The lowest BCUT2D eigenvalue weighted by Gasteiger charge is -2.08. The molecule has 0 radical (unpaired) electrons. The number of nitrogen functional groups attached to an aromatic ring is 1. The van der Waals surface area contributed by atoms with Gasteiger partial charge in [-0.05, 0) is 46.5 Å². The lowest BCUT2D eigenvalue weighted by Crippen LogP contribution is -2.09. The molecular weight excluding hydrogens is 314 g/mol. The molecule has 18 heavy (non-hydrogen) atoms. The fourth-order valence-electron chi connectivity index (χ4n) is 1.37. The van der Waals surface area contributed by atoms with Crippen molar-refractivity contribution in [3.8, 4) is 0 Å². The molecule has 0 amide bonds. The summed E-state index contributed by atoms with van der Waals surface area (Å²) in [5, 5.41) is 0. The van der Waals surface area contributed by atoms with Crippen LogP contribution in [0.3, 0.4) is 0 Å². The smallest absolute Gasteiger partial charge is 0.0585 e. The molecule has 1 aromatic carbocycles. The molecule has 0 aliphatic rings. The van der Waals surface area contributed by atoms with E-state index in [1.807, 2.05) is 0 Å². The Morgan fingerprint density at radius 3 is 2.72 bits per heavy atom. The largest absolute Gasteiger partial charge is 0.399 e. The summed E-state index contributed by atoms with van der Waals surface area (Å²) in [5.41, 5.74) is 6.30. The molecule has 0 fully saturated rings. The maximum atomic E-state index is 12.0. The normalized spacial score (nSPS) is 12.9. The molecule has 5 heteroatoms. The maximum Gasteiger partial charge on any atom is 0.0585 e. The van der Waals surface area contributed by atoms with Crippen molar-refractivity contribution in [2.75, 3.05) is 24.7 Å². The van der Waals surface area contributed by atoms with E-state index in [4.69, 9.17) is 10.5 Å². The highest BCUT2D eigenvalue weighted by Crippen LogP contribution is 2.23. The number of nitrogens with two attached hydrogens (primary N) is 1. The minimum Gasteiger partial charge on any atom is -0.399 e. The second-order valence-electron chi connectivity index (χ2n) is 4.53. The SMILES string of the molecule is CC(C)CCOCCS(=O)c1ccc(N)cc1Br. The summed E-state index contributed by atoms with van der Waals surface area (Å²) in [6.07, 6.45) is 1.04. The average Bonchev–Trinajstić information content (AvgIpc) is 2.27. The van der Waals surface area contributed by atoms with Crippen LogP contribution in [0.2, 0.25) is 0 Å². The van der Waals surface area contributed by atoms with Gasteiger partial charge in [0.15, 0.2) is 0 Å². The van der Waals surface area contributed by atoms with E-state index >= 15 is 0 Å². The Balaban J connectivity index is 2.36. The third kappa shape index (κ3) is 5.50. The van der Waals surface area contributed by atoms with Gasteiger partial charge in [-0.1, -0.05) is 13.8 Å². The van der Waals surface area contributed by atoms with Crippen LogP contribution >= 0.6 is 15.9 Å². The predicted octanol–water partition coefficient (Wildman–Crippen LogP) is 3.20. The van der Waals surface area contributed by atoms with Crippen molar-refractivity contribution in [2.24, 2.45) is 5.92 Å². The predicted molar refractivity (Wildman–Crippen MR) is 80.1 cm³/mol. The van der Waals surface area contributed by atoms with Crippen LogP contribution in [0.1, 0.15) is 20.3 Å². The Bertz CT molecular complexity index is 410.